The van der Waals surface area contributed by atoms with Gasteiger partial charge < -0.3 is 14.5 Å². The molecule has 1 saturated heterocycles. The Morgan fingerprint density at radius 2 is 1.55 bits per heavy atom. The first-order valence-electron chi connectivity index (χ1n) is 10.9. The summed E-state index contributed by atoms with van der Waals surface area (Å²) in [6.07, 6.45) is 3.49. The number of piperazine rings is 1. The highest BCUT2D eigenvalue weighted by atomic mass is 32.1. The van der Waals surface area contributed by atoms with Crippen LogP contribution in [-0.2, 0) is 6.61 Å². The smallest absolute Gasteiger partial charge is 0.267 e. The van der Waals surface area contributed by atoms with Crippen molar-refractivity contribution in [1.82, 2.24) is 14.9 Å². The van der Waals surface area contributed by atoms with Gasteiger partial charge in [0.2, 0.25) is 5.95 Å². The molecule has 0 aliphatic carbocycles. The van der Waals surface area contributed by atoms with Crippen molar-refractivity contribution < 1.29 is 9.53 Å². The number of hydrogen-bond donors (Lipinski definition) is 0. The van der Waals surface area contributed by atoms with Crippen molar-refractivity contribution in [3.05, 3.63) is 95.6 Å². The predicted molar refractivity (Wildman–Crippen MR) is 131 cm³/mol. The van der Waals surface area contributed by atoms with Gasteiger partial charge in [-0.2, -0.15) is 0 Å². The Morgan fingerprint density at radius 1 is 0.879 bits per heavy atom. The van der Waals surface area contributed by atoms with Crippen LogP contribution < -0.4 is 9.64 Å². The first kappa shape index (κ1) is 21.2. The topological polar surface area (TPSA) is 58.6 Å². The summed E-state index contributed by atoms with van der Waals surface area (Å²) < 4.78 is 6.16. The van der Waals surface area contributed by atoms with Gasteiger partial charge in [-0.25, -0.2) is 9.97 Å². The van der Waals surface area contributed by atoms with Gasteiger partial charge in [0.1, 0.15) is 17.2 Å². The summed E-state index contributed by atoms with van der Waals surface area (Å²) in [5, 5.41) is 0. The largest absolute Gasteiger partial charge is 0.487 e. The molecule has 2 aromatic carbocycles. The normalized spacial score (nSPS) is 13.7. The molecule has 7 heteroatoms. The molecule has 6 nitrogen and oxygen atoms in total. The standard InChI is InChI=1S/C26H24N4O2S/c31-25(29-14-16-30(17-15-29)26-27-12-7-13-28-26)24-22(32-19-20-8-3-1-4-9-20)18-23(33-24)21-10-5-2-6-11-21/h1-13,18H,14-17,19H2. The van der Waals surface area contributed by atoms with Crippen LogP contribution in [0, 0.1) is 0 Å². The lowest BCUT2D eigenvalue weighted by Crippen LogP contribution is -2.49. The van der Waals surface area contributed by atoms with Crippen LogP contribution in [-0.4, -0.2) is 47.0 Å². The molecule has 2 aromatic heterocycles. The molecule has 1 amide bonds. The van der Waals surface area contributed by atoms with Gasteiger partial charge in [0.15, 0.2) is 0 Å². The molecule has 3 heterocycles. The lowest BCUT2D eigenvalue weighted by Gasteiger charge is -2.34. The maximum atomic E-state index is 13.5. The van der Waals surface area contributed by atoms with Crippen LogP contribution in [0.15, 0.2) is 85.2 Å². The molecule has 1 aliphatic rings. The SMILES string of the molecule is O=C(c1sc(-c2ccccc2)cc1OCc1ccccc1)N1CCN(c2ncccn2)CC1. The van der Waals surface area contributed by atoms with Gasteiger partial charge in [0, 0.05) is 43.4 Å². The third-order valence-electron chi connectivity index (χ3n) is 5.59. The zero-order valence-electron chi connectivity index (χ0n) is 18.1. The number of nitrogens with zero attached hydrogens (tertiary/aromatic N) is 4. The number of aromatic nitrogens is 2. The molecule has 0 radical (unpaired) electrons. The predicted octanol–water partition coefficient (Wildman–Crippen LogP) is 4.75. The van der Waals surface area contributed by atoms with E-state index in [1.54, 1.807) is 18.5 Å². The summed E-state index contributed by atoms with van der Waals surface area (Å²) in [5.74, 6) is 1.36. The summed E-state index contributed by atoms with van der Waals surface area (Å²) in [4.78, 5) is 27.9. The molecule has 0 saturated carbocycles. The van der Waals surface area contributed by atoms with E-state index in [1.807, 2.05) is 59.5 Å². The maximum absolute atomic E-state index is 13.5. The molecular formula is C26H24N4O2S. The lowest BCUT2D eigenvalue weighted by molar-refractivity contribution is 0.0746. The summed E-state index contributed by atoms with van der Waals surface area (Å²) >= 11 is 1.49. The number of anilines is 1. The number of benzene rings is 2. The Bertz CT molecular complexity index is 1190. The molecule has 0 bridgehead atoms. The van der Waals surface area contributed by atoms with Crippen LogP contribution >= 0.6 is 11.3 Å². The number of amides is 1. The van der Waals surface area contributed by atoms with E-state index in [2.05, 4.69) is 27.0 Å². The molecule has 0 spiro atoms. The maximum Gasteiger partial charge on any atom is 0.267 e. The van der Waals surface area contributed by atoms with Crippen LogP contribution in [0.1, 0.15) is 15.2 Å². The molecule has 166 valence electrons. The number of ether oxygens (including phenoxy) is 1. The Balaban J connectivity index is 1.35. The summed E-state index contributed by atoms with van der Waals surface area (Å²) in [7, 11) is 0. The third-order valence-corrected chi connectivity index (χ3v) is 6.74. The minimum absolute atomic E-state index is 0.0128. The zero-order chi connectivity index (χ0) is 22.5. The molecule has 33 heavy (non-hydrogen) atoms. The van der Waals surface area contributed by atoms with Crippen molar-refractivity contribution >= 4 is 23.2 Å². The molecular weight excluding hydrogens is 432 g/mol. The highest BCUT2D eigenvalue weighted by molar-refractivity contribution is 7.17. The Hall–Kier alpha value is -3.71. The first-order chi connectivity index (χ1) is 16.3. The molecule has 5 rings (SSSR count). The third kappa shape index (κ3) is 4.88. The van der Waals surface area contributed by atoms with Gasteiger partial charge in [-0.05, 0) is 23.3 Å². The van der Waals surface area contributed by atoms with E-state index >= 15 is 0 Å². The minimum atomic E-state index is 0.0128. The van der Waals surface area contributed by atoms with E-state index < -0.39 is 0 Å². The molecule has 0 atom stereocenters. The lowest BCUT2D eigenvalue weighted by atomic mass is 10.2. The second-order valence-electron chi connectivity index (χ2n) is 7.77. The van der Waals surface area contributed by atoms with E-state index in [0.717, 1.165) is 16.0 Å². The van der Waals surface area contributed by atoms with Crippen LogP contribution in [0.2, 0.25) is 0 Å². The number of carbonyl (C=O) groups excluding carboxylic acids is 1. The fourth-order valence-corrected chi connectivity index (χ4v) is 4.89. The molecule has 4 aromatic rings. The van der Waals surface area contributed by atoms with Crippen LogP contribution in [0.5, 0.6) is 5.75 Å². The van der Waals surface area contributed by atoms with Crippen LogP contribution in [0.25, 0.3) is 10.4 Å². The number of hydrogen-bond acceptors (Lipinski definition) is 6. The van der Waals surface area contributed by atoms with Crippen molar-refractivity contribution in [2.75, 3.05) is 31.1 Å². The number of rotatable bonds is 6. The average molecular weight is 457 g/mol. The van der Waals surface area contributed by atoms with E-state index in [9.17, 15) is 4.79 Å². The van der Waals surface area contributed by atoms with Crippen molar-refractivity contribution in [3.8, 4) is 16.2 Å². The van der Waals surface area contributed by atoms with Crippen LogP contribution in [0.4, 0.5) is 5.95 Å². The van der Waals surface area contributed by atoms with Crippen molar-refractivity contribution in [2.45, 2.75) is 6.61 Å². The monoisotopic (exact) mass is 456 g/mol. The minimum Gasteiger partial charge on any atom is -0.487 e. The van der Waals surface area contributed by atoms with E-state index in [4.69, 9.17) is 4.74 Å². The quantitative estimate of drug-likeness (QED) is 0.419. The first-order valence-corrected chi connectivity index (χ1v) is 11.8. The number of thiophene rings is 1. The zero-order valence-corrected chi connectivity index (χ0v) is 18.9. The second kappa shape index (κ2) is 9.83. The fourth-order valence-electron chi connectivity index (χ4n) is 3.82. The Labute approximate surface area is 197 Å². The Kier molecular flexibility index (Phi) is 6.30. The summed E-state index contributed by atoms with van der Waals surface area (Å²) in [5.41, 5.74) is 2.15. The van der Waals surface area contributed by atoms with E-state index in [-0.39, 0.29) is 5.91 Å². The molecule has 0 N–H and O–H groups in total. The molecule has 0 unspecified atom stereocenters. The van der Waals surface area contributed by atoms with Gasteiger partial charge in [0.25, 0.3) is 5.91 Å². The summed E-state index contributed by atoms with van der Waals surface area (Å²) in [6.45, 7) is 3.06. The highest BCUT2D eigenvalue weighted by Crippen LogP contribution is 2.37. The van der Waals surface area contributed by atoms with Crippen molar-refractivity contribution in [3.63, 3.8) is 0 Å². The van der Waals surface area contributed by atoms with E-state index in [1.165, 1.54) is 11.3 Å². The second-order valence-corrected chi connectivity index (χ2v) is 8.82. The average Bonchev–Trinajstić information content (AvgIpc) is 3.33. The van der Waals surface area contributed by atoms with Gasteiger partial charge in [-0.1, -0.05) is 60.7 Å². The molecule has 1 fully saturated rings. The fraction of sp³-hybridized carbons (Fsp3) is 0.192. The Morgan fingerprint density at radius 3 is 2.24 bits per heavy atom. The van der Waals surface area contributed by atoms with E-state index in [0.29, 0.717) is 49.4 Å². The highest BCUT2D eigenvalue weighted by Gasteiger charge is 2.27. The van der Waals surface area contributed by atoms with Crippen LogP contribution in [0.3, 0.4) is 0 Å². The van der Waals surface area contributed by atoms with Gasteiger partial charge in [-0.15, -0.1) is 11.3 Å². The van der Waals surface area contributed by atoms with Gasteiger partial charge in [-0.3, -0.25) is 4.79 Å². The van der Waals surface area contributed by atoms with Crippen molar-refractivity contribution in [1.29, 1.82) is 0 Å². The number of carbonyl (C=O) groups is 1. The summed E-state index contributed by atoms with van der Waals surface area (Å²) in [6, 6.07) is 23.9. The molecule has 1 aliphatic heterocycles. The van der Waals surface area contributed by atoms with Crippen molar-refractivity contribution in [2.24, 2.45) is 0 Å². The van der Waals surface area contributed by atoms with Gasteiger partial charge in [0.05, 0.1) is 0 Å². The van der Waals surface area contributed by atoms with Gasteiger partial charge >= 0.3 is 0 Å².